The van der Waals surface area contributed by atoms with E-state index >= 15 is 0 Å². The predicted molar refractivity (Wildman–Crippen MR) is 72.4 cm³/mol. The Morgan fingerprint density at radius 3 is 2.75 bits per heavy atom. The zero-order chi connectivity index (χ0) is 14.3. The molecule has 106 valence electrons. The Morgan fingerprint density at radius 1 is 1.20 bits per heavy atom. The highest BCUT2D eigenvalue weighted by Crippen LogP contribution is 2.36. The molecule has 0 bridgehead atoms. The average Bonchev–Trinajstić information content (AvgIpc) is 2.89. The summed E-state index contributed by atoms with van der Waals surface area (Å²) in [4.78, 5) is 4.15. The van der Waals surface area contributed by atoms with Gasteiger partial charge in [-0.3, -0.25) is 0 Å². The van der Waals surface area contributed by atoms with Gasteiger partial charge in [-0.05, 0) is 31.2 Å². The first-order valence-electron chi connectivity index (χ1n) is 6.86. The van der Waals surface area contributed by atoms with E-state index in [9.17, 15) is 13.2 Å². The van der Waals surface area contributed by atoms with Crippen molar-refractivity contribution in [3.8, 4) is 0 Å². The maximum atomic E-state index is 14.1. The Bertz CT molecular complexity index is 683. The molecule has 0 saturated heterocycles. The normalized spacial score (nSPS) is 13.8. The van der Waals surface area contributed by atoms with Crippen LogP contribution >= 0.6 is 0 Å². The monoisotopic (exact) mass is 280 g/mol. The molecular formula is C15H15F3N2. The van der Waals surface area contributed by atoms with Crippen LogP contribution in [0.1, 0.15) is 31.0 Å². The van der Waals surface area contributed by atoms with E-state index < -0.39 is 17.5 Å². The number of rotatable bonds is 3. The third kappa shape index (κ3) is 1.92. The molecular weight excluding hydrogens is 265 g/mol. The number of fused-ring (bicyclic) bond motifs is 2. The zero-order valence-corrected chi connectivity index (χ0v) is 11.2. The third-order valence-electron chi connectivity index (χ3n) is 3.69. The maximum absolute atomic E-state index is 14.1. The highest BCUT2D eigenvalue weighted by molar-refractivity contribution is 5.94. The fraction of sp³-hybridized carbons (Fsp3) is 0.400. The molecule has 2 nitrogen and oxygen atoms in total. The van der Waals surface area contributed by atoms with E-state index in [1.54, 1.807) is 0 Å². The summed E-state index contributed by atoms with van der Waals surface area (Å²) in [5, 5.41) is 3.22. The molecule has 2 aromatic rings. The van der Waals surface area contributed by atoms with Gasteiger partial charge < -0.3 is 5.32 Å². The van der Waals surface area contributed by atoms with Crippen molar-refractivity contribution < 1.29 is 13.2 Å². The molecule has 5 heteroatoms. The first-order valence-corrected chi connectivity index (χ1v) is 6.86. The van der Waals surface area contributed by atoms with Crippen molar-refractivity contribution >= 4 is 16.6 Å². The Balaban J connectivity index is 2.35. The lowest BCUT2D eigenvalue weighted by atomic mass is 10.1. The molecule has 1 aliphatic carbocycles. The fourth-order valence-electron chi connectivity index (χ4n) is 2.78. The molecule has 0 aliphatic heterocycles. The smallest absolute Gasteiger partial charge is 0.185 e. The van der Waals surface area contributed by atoms with Gasteiger partial charge in [-0.25, -0.2) is 18.2 Å². The van der Waals surface area contributed by atoms with Crippen molar-refractivity contribution in [1.29, 1.82) is 0 Å². The van der Waals surface area contributed by atoms with Gasteiger partial charge in [-0.2, -0.15) is 0 Å². The number of pyridine rings is 1. The number of nitrogens with one attached hydrogen (secondary N) is 1. The molecule has 0 saturated carbocycles. The summed E-state index contributed by atoms with van der Waals surface area (Å²) < 4.78 is 41.4. The molecule has 0 radical (unpaired) electrons. The number of anilines is 1. The second kappa shape index (κ2) is 4.96. The summed E-state index contributed by atoms with van der Waals surface area (Å²) in [6.07, 6.45) is 3.29. The van der Waals surface area contributed by atoms with E-state index in [0.717, 1.165) is 36.9 Å². The molecule has 1 N–H and O–H groups in total. The van der Waals surface area contributed by atoms with Crippen LogP contribution in [0.3, 0.4) is 0 Å². The Hall–Kier alpha value is -1.78. The predicted octanol–water partition coefficient (Wildman–Crippen LogP) is 3.96. The first-order chi connectivity index (χ1) is 9.63. The van der Waals surface area contributed by atoms with E-state index in [1.165, 1.54) is 0 Å². The Kier molecular flexibility index (Phi) is 3.28. The molecule has 1 aromatic heterocycles. The first kappa shape index (κ1) is 13.2. The summed E-state index contributed by atoms with van der Waals surface area (Å²) in [6.45, 7) is 2.65. The van der Waals surface area contributed by atoms with Gasteiger partial charge >= 0.3 is 0 Å². The van der Waals surface area contributed by atoms with Crippen molar-refractivity contribution in [2.24, 2.45) is 0 Å². The number of aryl methyl sites for hydroxylation is 1. The van der Waals surface area contributed by atoms with E-state index in [1.807, 2.05) is 6.92 Å². The van der Waals surface area contributed by atoms with Gasteiger partial charge in [0.05, 0.1) is 11.1 Å². The quantitative estimate of drug-likeness (QED) is 0.861. The summed E-state index contributed by atoms with van der Waals surface area (Å²) in [5.74, 6) is -3.03. The minimum absolute atomic E-state index is 0.0676. The van der Waals surface area contributed by atoms with Crippen LogP contribution < -0.4 is 5.32 Å². The summed E-state index contributed by atoms with van der Waals surface area (Å²) >= 11 is 0. The van der Waals surface area contributed by atoms with E-state index in [2.05, 4.69) is 10.3 Å². The highest BCUT2D eigenvalue weighted by atomic mass is 19.2. The minimum Gasteiger partial charge on any atom is -0.384 e. The highest BCUT2D eigenvalue weighted by Gasteiger charge is 2.24. The van der Waals surface area contributed by atoms with Gasteiger partial charge in [0.1, 0.15) is 11.3 Å². The second-order valence-electron chi connectivity index (χ2n) is 5.07. The van der Waals surface area contributed by atoms with Crippen LogP contribution in [0.25, 0.3) is 10.9 Å². The largest absolute Gasteiger partial charge is 0.384 e. The second-order valence-corrected chi connectivity index (χ2v) is 5.07. The van der Waals surface area contributed by atoms with Crippen LogP contribution in [0.15, 0.2) is 6.07 Å². The number of benzene rings is 1. The molecule has 0 spiro atoms. The molecule has 0 amide bonds. The number of nitrogens with zero attached hydrogens (tertiary/aromatic N) is 1. The SMILES string of the molecule is CCCNc1c2c(nc3c(F)c(F)cc(F)c13)CCC2. The molecule has 20 heavy (non-hydrogen) atoms. The molecule has 1 aliphatic rings. The van der Waals surface area contributed by atoms with Crippen molar-refractivity contribution in [2.75, 3.05) is 11.9 Å². The van der Waals surface area contributed by atoms with Crippen LogP contribution in [-0.4, -0.2) is 11.5 Å². The van der Waals surface area contributed by atoms with Crippen molar-refractivity contribution in [2.45, 2.75) is 32.6 Å². The van der Waals surface area contributed by atoms with Crippen LogP contribution in [0.4, 0.5) is 18.9 Å². The van der Waals surface area contributed by atoms with Crippen LogP contribution in [-0.2, 0) is 12.8 Å². The minimum atomic E-state index is -1.19. The number of aromatic nitrogens is 1. The van der Waals surface area contributed by atoms with E-state index in [4.69, 9.17) is 0 Å². The van der Waals surface area contributed by atoms with Crippen molar-refractivity contribution in [1.82, 2.24) is 4.98 Å². The molecule has 3 rings (SSSR count). The van der Waals surface area contributed by atoms with Gasteiger partial charge in [0.15, 0.2) is 11.6 Å². The average molecular weight is 280 g/mol. The summed E-state index contributed by atoms with van der Waals surface area (Å²) in [7, 11) is 0. The standard InChI is InChI=1S/C15H15F3N2/c1-2-6-19-14-8-4-3-5-11(8)20-15-12(14)9(16)7-10(17)13(15)18/h7H,2-6H2,1H3,(H,19,20). The maximum Gasteiger partial charge on any atom is 0.185 e. The Labute approximate surface area is 115 Å². The van der Waals surface area contributed by atoms with Crippen LogP contribution in [0.2, 0.25) is 0 Å². The van der Waals surface area contributed by atoms with Crippen molar-refractivity contribution in [3.05, 3.63) is 34.8 Å². The summed E-state index contributed by atoms with van der Waals surface area (Å²) in [6, 6.07) is 0.595. The van der Waals surface area contributed by atoms with E-state index in [-0.39, 0.29) is 10.9 Å². The molecule has 1 heterocycles. The zero-order valence-electron chi connectivity index (χ0n) is 11.2. The van der Waals surface area contributed by atoms with Crippen molar-refractivity contribution in [3.63, 3.8) is 0 Å². The molecule has 0 atom stereocenters. The number of hydrogen-bond donors (Lipinski definition) is 1. The lowest BCUT2D eigenvalue weighted by Crippen LogP contribution is -2.07. The van der Waals surface area contributed by atoms with Gasteiger partial charge in [-0.15, -0.1) is 0 Å². The Morgan fingerprint density at radius 2 is 2.00 bits per heavy atom. The van der Waals surface area contributed by atoms with Crippen LogP contribution in [0, 0.1) is 17.5 Å². The van der Waals surface area contributed by atoms with Gasteiger partial charge in [0.2, 0.25) is 0 Å². The molecule has 0 fully saturated rings. The number of halogens is 3. The van der Waals surface area contributed by atoms with Gasteiger partial charge in [-0.1, -0.05) is 6.92 Å². The third-order valence-corrected chi connectivity index (χ3v) is 3.69. The lowest BCUT2D eigenvalue weighted by Gasteiger charge is -2.15. The van der Waals surface area contributed by atoms with Gasteiger partial charge in [0.25, 0.3) is 0 Å². The van der Waals surface area contributed by atoms with E-state index in [0.29, 0.717) is 18.3 Å². The topological polar surface area (TPSA) is 24.9 Å². The lowest BCUT2D eigenvalue weighted by molar-refractivity contribution is 0.504. The fourth-order valence-corrected chi connectivity index (χ4v) is 2.78. The number of hydrogen-bond acceptors (Lipinski definition) is 2. The molecule has 0 unspecified atom stereocenters. The van der Waals surface area contributed by atoms with Gasteiger partial charge in [0, 0.05) is 18.3 Å². The van der Waals surface area contributed by atoms with Crippen LogP contribution in [0.5, 0.6) is 0 Å². The molecule has 1 aromatic carbocycles. The summed E-state index contributed by atoms with van der Waals surface area (Å²) in [5.41, 5.74) is 2.07.